The number of amides is 1. The fraction of sp³-hybridized carbons (Fsp3) is 0.595. The summed E-state index contributed by atoms with van der Waals surface area (Å²) in [5.74, 6) is -0.252. The van der Waals surface area contributed by atoms with Crippen molar-refractivity contribution in [2.45, 2.75) is 122 Å². The van der Waals surface area contributed by atoms with Crippen LogP contribution in [0.25, 0.3) is 0 Å². The number of hydrogen-bond donors (Lipinski definition) is 2. The van der Waals surface area contributed by atoms with Gasteiger partial charge in [-0.3, -0.25) is 9.36 Å². The third-order valence-corrected chi connectivity index (χ3v) is 8.48. The summed E-state index contributed by atoms with van der Waals surface area (Å²) in [6.45, 7) is 4.30. The largest absolute Gasteiger partial charge is 0.756 e. The molecule has 3 atom stereocenters. The van der Waals surface area contributed by atoms with Gasteiger partial charge in [-0.15, -0.1) is 0 Å². The van der Waals surface area contributed by atoms with Gasteiger partial charge in [0, 0.05) is 6.42 Å². The Hall–Kier alpha value is -2.58. The Bertz CT molecular complexity index is 1150. The average Bonchev–Trinajstić information content (AvgIpc) is 3.07. The van der Waals surface area contributed by atoms with E-state index in [0.717, 1.165) is 77.0 Å². The number of nitrogens with one attached hydrogen (secondary N) is 1. The molecule has 0 rings (SSSR count). The number of carbonyl (C=O) groups is 1. The highest BCUT2D eigenvalue weighted by atomic mass is 31.2. The van der Waals surface area contributed by atoms with Gasteiger partial charge in [0.2, 0.25) is 5.91 Å². The average molecular weight is 731 g/mol. The van der Waals surface area contributed by atoms with Crippen LogP contribution in [0.5, 0.6) is 0 Å². The predicted octanol–water partition coefficient (Wildman–Crippen LogP) is 9.38. The van der Waals surface area contributed by atoms with Gasteiger partial charge in [0.1, 0.15) is 13.2 Å². The highest BCUT2D eigenvalue weighted by Gasteiger charge is 2.23. The SMILES string of the molecule is CC/C=C\C/C=C\C/C=C\C/C=C\C/C=C\CCCCCC(=O)NC(COP(=O)([O-])OCC[N+](C)(C)C)C(O)/C=C/CC/C=C/CC/C=C/CC. The van der Waals surface area contributed by atoms with E-state index in [1.165, 1.54) is 0 Å². The fourth-order valence-corrected chi connectivity index (χ4v) is 5.23. The van der Waals surface area contributed by atoms with E-state index < -0.39 is 26.6 Å². The van der Waals surface area contributed by atoms with E-state index in [9.17, 15) is 19.4 Å². The highest BCUT2D eigenvalue weighted by Crippen LogP contribution is 2.38. The van der Waals surface area contributed by atoms with Gasteiger partial charge >= 0.3 is 0 Å². The van der Waals surface area contributed by atoms with Crippen LogP contribution < -0.4 is 10.2 Å². The molecule has 9 heteroatoms. The lowest BCUT2D eigenvalue weighted by Gasteiger charge is -2.29. The van der Waals surface area contributed by atoms with Gasteiger partial charge < -0.3 is 28.8 Å². The first-order valence-corrected chi connectivity index (χ1v) is 20.6. The third-order valence-electron chi connectivity index (χ3n) is 7.52. The number of nitrogens with zero attached hydrogens (tertiary/aromatic N) is 1. The molecular weight excluding hydrogens is 659 g/mol. The Morgan fingerprint density at radius 2 is 1.16 bits per heavy atom. The number of quaternary nitrogens is 1. The van der Waals surface area contributed by atoms with Gasteiger partial charge in [-0.05, 0) is 83.5 Å². The monoisotopic (exact) mass is 731 g/mol. The maximum atomic E-state index is 12.8. The molecule has 0 aromatic carbocycles. The normalized spacial score (nSPS) is 15.7. The number of unbranched alkanes of at least 4 members (excludes halogenated alkanes) is 5. The van der Waals surface area contributed by atoms with Crippen LogP contribution in [-0.4, -0.2) is 68.5 Å². The summed E-state index contributed by atoms with van der Waals surface area (Å²) < 4.78 is 23.0. The van der Waals surface area contributed by atoms with E-state index in [2.05, 4.69) is 104 Å². The molecule has 8 nitrogen and oxygen atoms in total. The highest BCUT2D eigenvalue weighted by molar-refractivity contribution is 7.45. The summed E-state index contributed by atoms with van der Waals surface area (Å²) in [7, 11) is 1.19. The second kappa shape index (κ2) is 33.3. The molecule has 51 heavy (non-hydrogen) atoms. The van der Waals surface area contributed by atoms with Gasteiger partial charge in [-0.2, -0.15) is 0 Å². The number of carbonyl (C=O) groups excluding carboxylic acids is 1. The minimum Gasteiger partial charge on any atom is -0.756 e. The van der Waals surface area contributed by atoms with Gasteiger partial charge in [0.25, 0.3) is 7.82 Å². The summed E-state index contributed by atoms with van der Waals surface area (Å²) in [5.41, 5.74) is 0. The predicted molar refractivity (Wildman–Crippen MR) is 214 cm³/mol. The molecule has 1 amide bonds. The molecule has 0 radical (unpaired) electrons. The number of phosphoric ester groups is 1. The van der Waals surface area contributed by atoms with Crippen LogP contribution in [0, 0.1) is 0 Å². The lowest BCUT2D eigenvalue weighted by molar-refractivity contribution is -0.870. The Balaban J connectivity index is 4.60. The van der Waals surface area contributed by atoms with Gasteiger partial charge in [-0.25, -0.2) is 0 Å². The van der Waals surface area contributed by atoms with Gasteiger partial charge in [0.15, 0.2) is 0 Å². The van der Waals surface area contributed by atoms with Crippen molar-refractivity contribution in [1.29, 1.82) is 0 Å². The molecule has 2 N–H and O–H groups in total. The second-order valence-corrected chi connectivity index (χ2v) is 14.9. The number of likely N-dealkylation sites (N-methyl/N-ethyl adjacent to an activating group) is 1. The number of hydrogen-bond acceptors (Lipinski definition) is 6. The second-order valence-electron chi connectivity index (χ2n) is 13.5. The third kappa shape index (κ3) is 35.6. The van der Waals surface area contributed by atoms with E-state index in [-0.39, 0.29) is 18.9 Å². The number of rotatable bonds is 32. The lowest BCUT2D eigenvalue weighted by Crippen LogP contribution is -2.45. The van der Waals surface area contributed by atoms with Crippen molar-refractivity contribution in [3.05, 3.63) is 97.2 Å². The first kappa shape index (κ1) is 48.4. The number of allylic oxidation sites excluding steroid dienone is 15. The summed E-state index contributed by atoms with van der Waals surface area (Å²) in [6, 6.07) is -0.930. The summed E-state index contributed by atoms with van der Waals surface area (Å²) >= 11 is 0. The quantitative estimate of drug-likeness (QED) is 0.0309. The Labute approximate surface area is 311 Å². The van der Waals surface area contributed by atoms with Crippen molar-refractivity contribution in [2.75, 3.05) is 40.9 Å². The van der Waals surface area contributed by atoms with Crippen LogP contribution in [0.2, 0.25) is 0 Å². The maximum Gasteiger partial charge on any atom is 0.268 e. The fourth-order valence-electron chi connectivity index (χ4n) is 4.51. The molecule has 0 saturated carbocycles. The zero-order valence-corrected chi connectivity index (χ0v) is 33.4. The van der Waals surface area contributed by atoms with Gasteiger partial charge in [0.05, 0.1) is 39.9 Å². The van der Waals surface area contributed by atoms with Crippen molar-refractivity contribution in [3.63, 3.8) is 0 Å². The van der Waals surface area contributed by atoms with Crippen molar-refractivity contribution in [2.24, 2.45) is 0 Å². The first-order valence-electron chi connectivity index (χ1n) is 19.1. The molecule has 0 aromatic rings. The molecule has 0 bridgehead atoms. The Morgan fingerprint density at radius 3 is 1.71 bits per heavy atom. The molecule has 290 valence electrons. The number of phosphoric acid groups is 1. The number of aliphatic hydroxyl groups is 1. The van der Waals surface area contributed by atoms with Crippen molar-refractivity contribution < 1.29 is 32.9 Å². The summed E-state index contributed by atoms with van der Waals surface area (Å²) in [5, 5.41) is 13.6. The maximum absolute atomic E-state index is 12.8. The first-order chi connectivity index (χ1) is 24.5. The van der Waals surface area contributed by atoms with Crippen molar-refractivity contribution in [1.82, 2.24) is 5.32 Å². The lowest BCUT2D eigenvalue weighted by atomic mass is 10.1. The van der Waals surface area contributed by atoms with E-state index in [1.54, 1.807) is 6.08 Å². The molecule has 0 aromatic heterocycles. The molecule has 0 spiro atoms. The molecule has 0 aliphatic carbocycles. The van der Waals surface area contributed by atoms with Gasteiger partial charge in [-0.1, -0.05) is 117 Å². The zero-order valence-electron chi connectivity index (χ0n) is 32.5. The van der Waals surface area contributed by atoms with Crippen LogP contribution in [-0.2, 0) is 18.4 Å². The van der Waals surface area contributed by atoms with Crippen LogP contribution in [0.1, 0.15) is 110 Å². The van der Waals surface area contributed by atoms with E-state index in [4.69, 9.17) is 9.05 Å². The van der Waals surface area contributed by atoms with Crippen LogP contribution in [0.4, 0.5) is 0 Å². The minimum atomic E-state index is -4.61. The topological polar surface area (TPSA) is 108 Å². The zero-order chi connectivity index (χ0) is 37.9. The minimum absolute atomic E-state index is 0.0220. The van der Waals surface area contributed by atoms with Crippen molar-refractivity contribution in [3.8, 4) is 0 Å². The molecule has 3 unspecified atom stereocenters. The van der Waals surface area contributed by atoms with Crippen LogP contribution in [0.15, 0.2) is 97.2 Å². The smallest absolute Gasteiger partial charge is 0.268 e. The summed E-state index contributed by atoms with van der Waals surface area (Å²) in [6.07, 6.45) is 46.1. The summed E-state index contributed by atoms with van der Waals surface area (Å²) in [4.78, 5) is 25.1. The molecule has 0 aliphatic heterocycles. The number of aliphatic hydroxyl groups excluding tert-OH is 1. The Morgan fingerprint density at radius 1 is 0.686 bits per heavy atom. The molecule has 0 heterocycles. The van der Waals surface area contributed by atoms with E-state index in [1.807, 2.05) is 27.2 Å². The Kier molecular flexibility index (Phi) is 31.6. The van der Waals surface area contributed by atoms with E-state index >= 15 is 0 Å². The molecule has 0 fully saturated rings. The van der Waals surface area contributed by atoms with E-state index in [0.29, 0.717) is 23.9 Å². The molecule has 0 saturated heterocycles. The molecule has 0 aliphatic rings. The van der Waals surface area contributed by atoms with Crippen LogP contribution in [0.3, 0.4) is 0 Å². The van der Waals surface area contributed by atoms with Crippen molar-refractivity contribution >= 4 is 13.7 Å². The van der Waals surface area contributed by atoms with Crippen LogP contribution >= 0.6 is 7.82 Å². The standard InChI is InChI=1S/C42H71N2O6P/c1-6-8-10-12-14-16-18-19-20-21-22-23-24-25-26-28-30-32-34-36-42(46)43-40(39-50-51(47,48)49-38-37-44(3,4)5)41(45)35-33-31-29-27-17-15-13-11-9-7-2/h8-11,14,16-17,19-20,22-23,25-27,33,35,40-41,45H,6-7,12-13,15,18,21,24,28-32,34,36-39H2,1-5H3,(H-,43,46,47,48)/b10-8-,11-9+,16-14-,20-19-,23-22-,26-25-,27-17+,35-33+. The molecular formula is C42H71N2O6P.